The van der Waals surface area contributed by atoms with Crippen molar-refractivity contribution in [1.29, 1.82) is 0 Å². The number of furan rings is 1. The molecular formula is C62H42N2O. The number of para-hydroxylation sites is 6. The van der Waals surface area contributed by atoms with E-state index in [1.54, 1.807) is 0 Å². The molecule has 3 heterocycles. The number of anilines is 6. The molecule has 2 aliphatic rings. The summed E-state index contributed by atoms with van der Waals surface area (Å²) in [5.74, 6) is 0. The maximum Gasteiger partial charge on any atom is 0.135 e. The van der Waals surface area contributed by atoms with Crippen LogP contribution in [0.4, 0.5) is 34.1 Å². The van der Waals surface area contributed by atoms with Crippen molar-refractivity contribution in [2.45, 2.75) is 10.8 Å². The number of benzene rings is 10. The summed E-state index contributed by atoms with van der Waals surface area (Å²) in [5.41, 5.74) is 17.0. The van der Waals surface area contributed by atoms with Gasteiger partial charge in [0.25, 0.3) is 0 Å². The molecule has 0 amide bonds. The van der Waals surface area contributed by atoms with Gasteiger partial charge in [-0.2, -0.15) is 0 Å². The van der Waals surface area contributed by atoms with Crippen LogP contribution in [0.15, 0.2) is 259 Å². The third-order valence-electron chi connectivity index (χ3n) is 14.0. The summed E-state index contributed by atoms with van der Waals surface area (Å²) in [6.07, 6.45) is 0. The standard InChI is InChI=1S/C62H42N2O/c1-4-21-43(22-5-1)61(44-23-6-2-7-24-44)49-28-11-15-33-54(49)64(55-34-16-12-29-50(55)61)47-41-39-45(40-42-47)62(53-32-20-38-59-60(53)48-27-10-19-37-58(48)65-59)51-30-13-17-35-56(51)63(46-25-8-3-9-26-46)57-36-18-14-31-52(57)62/h1-42H. The summed E-state index contributed by atoms with van der Waals surface area (Å²) in [6.45, 7) is 0. The average molecular weight is 831 g/mol. The summed E-state index contributed by atoms with van der Waals surface area (Å²) in [5, 5.41) is 2.23. The largest absolute Gasteiger partial charge is 0.456 e. The zero-order chi connectivity index (χ0) is 43.0. The Morgan fingerprint density at radius 1 is 0.262 bits per heavy atom. The minimum Gasteiger partial charge on any atom is -0.456 e. The Morgan fingerprint density at radius 2 is 0.631 bits per heavy atom. The molecule has 0 saturated carbocycles. The molecule has 0 fully saturated rings. The van der Waals surface area contributed by atoms with Crippen molar-refractivity contribution in [3.63, 3.8) is 0 Å². The Kier molecular flexibility index (Phi) is 8.34. The molecule has 306 valence electrons. The molecule has 13 rings (SSSR count). The van der Waals surface area contributed by atoms with Gasteiger partial charge in [-0.3, -0.25) is 0 Å². The molecule has 0 N–H and O–H groups in total. The van der Waals surface area contributed by atoms with E-state index in [0.29, 0.717) is 0 Å². The number of nitrogens with zero attached hydrogens (tertiary/aromatic N) is 2. The molecule has 65 heavy (non-hydrogen) atoms. The Balaban J connectivity index is 1.08. The first-order chi connectivity index (χ1) is 32.3. The van der Waals surface area contributed by atoms with Crippen molar-refractivity contribution in [3.8, 4) is 0 Å². The van der Waals surface area contributed by atoms with Gasteiger partial charge in [-0.05, 0) is 105 Å². The van der Waals surface area contributed by atoms with Crippen LogP contribution in [0.2, 0.25) is 0 Å². The van der Waals surface area contributed by atoms with Gasteiger partial charge in [-0.25, -0.2) is 0 Å². The van der Waals surface area contributed by atoms with Crippen LogP contribution >= 0.6 is 0 Å². The molecule has 0 radical (unpaired) electrons. The normalized spacial score (nSPS) is 14.3. The fourth-order valence-electron chi connectivity index (χ4n) is 11.5. The fourth-order valence-corrected chi connectivity index (χ4v) is 11.5. The average Bonchev–Trinajstić information content (AvgIpc) is 3.77. The van der Waals surface area contributed by atoms with Gasteiger partial charge in [0.05, 0.1) is 33.6 Å². The molecular weight excluding hydrogens is 789 g/mol. The molecule has 0 spiro atoms. The SMILES string of the molecule is c1ccc(N2c3ccccc3C(c3ccc(N4c5ccccc5C(c5ccccc5)(c5ccccc5)c5ccccc54)cc3)(c3cccc4oc5ccccc5c34)c3ccccc32)cc1. The van der Waals surface area contributed by atoms with Crippen molar-refractivity contribution in [2.24, 2.45) is 0 Å². The highest BCUT2D eigenvalue weighted by atomic mass is 16.3. The summed E-state index contributed by atoms with van der Waals surface area (Å²) in [4.78, 5) is 4.90. The maximum atomic E-state index is 6.66. The van der Waals surface area contributed by atoms with Gasteiger partial charge >= 0.3 is 0 Å². The lowest BCUT2D eigenvalue weighted by molar-refractivity contribution is 0.667. The van der Waals surface area contributed by atoms with Crippen molar-refractivity contribution >= 4 is 56.1 Å². The van der Waals surface area contributed by atoms with E-state index in [4.69, 9.17) is 4.42 Å². The summed E-state index contributed by atoms with van der Waals surface area (Å²) >= 11 is 0. The van der Waals surface area contributed by atoms with Crippen LogP contribution in [0.1, 0.15) is 44.5 Å². The van der Waals surface area contributed by atoms with E-state index in [0.717, 1.165) is 56.1 Å². The second-order valence-electron chi connectivity index (χ2n) is 17.1. The van der Waals surface area contributed by atoms with Crippen LogP contribution in [-0.2, 0) is 10.8 Å². The first-order valence-electron chi connectivity index (χ1n) is 22.4. The molecule has 0 atom stereocenters. The lowest BCUT2D eigenvalue weighted by Crippen LogP contribution is -2.38. The predicted molar refractivity (Wildman–Crippen MR) is 267 cm³/mol. The number of rotatable bonds is 6. The van der Waals surface area contributed by atoms with E-state index in [1.165, 1.54) is 44.5 Å². The van der Waals surface area contributed by atoms with Crippen molar-refractivity contribution in [2.75, 3.05) is 9.80 Å². The third kappa shape index (κ3) is 5.24. The monoisotopic (exact) mass is 830 g/mol. The highest BCUT2D eigenvalue weighted by molar-refractivity contribution is 6.09. The van der Waals surface area contributed by atoms with Crippen LogP contribution in [-0.4, -0.2) is 0 Å². The highest BCUT2D eigenvalue weighted by Crippen LogP contribution is 2.61. The van der Waals surface area contributed by atoms with E-state index >= 15 is 0 Å². The number of fused-ring (bicyclic) bond motifs is 7. The Morgan fingerprint density at radius 3 is 1.15 bits per heavy atom. The summed E-state index contributed by atoms with van der Waals surface area (Å²) in [7, 11) is 0. The van der Waals surface area contributed by atoms with Crippen LogP contribution < -0.4 is 9.80 Å². The van der Waals surface area contributed by atoms with Crippen LogP contribution in [0, 0.1) is 0 Å². The molecule has 0 saturated heterocycles. The van der Waals surface area contributed by atoms with Crippen molar-refractivity contribution in [1.82, 2.24) is 0 Å². The molecule has 3 heteroatoms. The quantitative estimate of drug-likeness (QED) is 0.166. The number of hydrogen-bond acceptors (Lipinski definition) is 3. The van der Waals surface area contributed by atoms with E-state index < -0.39 is 10.8 Å². The zero-order valence-electron chi connectivity index (χ0n) is 35.6. The highest BCUT2D eigenvalue weighted by Gasteiger charge is 2.49. The molecule has 11 aromatic rings. The van der Waals surface area contributed by atoms with E-state index in [-0.39, 0.29) is 0 Å². The summed E-state index contributed by atoms with van der Waals surface area (Å²) < 4.78 is 6.66. The van der Waals surface area contributed by atoms with Gasteiger partial charge in [-0.1, -0.05) is 194 Å². The maximum absolute atomic E-state index is 6.66. The lowest BCUT2D eigenvalue weighted by Gasteiger charge is -2.47. The third-order valence-corrected chi connectivity index (χ3v) is 14.0. The Labute approximate surface area is 378 Å². The van der Waals surface area contributed by atoms with Crippen molar-refractivity contribution in [3.05, 3.63) is 299 Å². The van der Waals surface area contributed by atoms with Gasteiger partial charge in [0.15, 0.2) is 0 Å². The molecule has 10 aromatic carbocycles. The first kappa shape index (κ1) is 37.2. The minimum absolute atomic E-state index is 0.539. The van der Waals surface area contributed by atoms with Gasteiger partial charge in [0.1, 0.15) is 11.2 Å². The topological polar surface area (TPSA) is 19.6 Å². The zero-order valence-corrected chi connectivity index (χ0v) is 35.6. The van der Waals surface area contributed by atoms with Crippen LogP contribution in [0.25, 0.3) is 21.9 Å². The van der Waals surface area contributed by atoms with Crippen LogP contribution in [0.3, 0.4) is 0 Å². The smallest absolute Gasteiger partial charge is 0.135 e. The second-order valence-corrected chi connectivity index (χ2v) is 17.1. The summed E-state index contributed by atoms with van der Waals surface area (Å²) in [6, 6.07) is 93.2. The molecule has 3 nitrogen and oxygen atoms in total. The Bertz CT molecular complexity index is 3420. The van der Waals surface area contributed by atoms with Crippen molar-refractivity contribution < 1.29 is 4.42 Å². The Hall–Kier alpha value is -8.40. The molecule has 0 bridgehead atoms. The van der Waals surface area contributed by atoms with Crippen LogP contribution in [0.5, 0.6) is 0 Å². The van der Waals surface area contributed by atoms with E-state index in [2.05, 4.69) is 265 Å². The number of hydrogen-bond donors (Lipinski definition) is 0. The molecule has 0 aliphatic carbocycles. The second kappa shape index (κ2) is 14.6. The van der Waals surface area contributed by atoms with Gasteiger partial charge in [-0.15, -0.1) is 0 Å². The lowest BCUT2D eigenvalue weighted by atomic mass is 9.61. The van der Waals surface area contributed by atoms with E-state index in [9.17, 15) is 0 Å². The first-order valence-corrected chi connectivity index (χ1v) is 22.4. The van der Waals surface area contributed by atoms with Gasteiger partial charge in [0, 0.05) is 22.1 Å². The van der Waals surface area contributed by atoms with E-state index in [1.807, 2.05) is 0 Å². The van der Waals surface area contributed by atoms with Gasteiger partial charge in [0.2, 0.25) is 0 Å². The molecule has 1 aromatic heterocycles. The minimum atomic E-state index is -0.739. The fraction of sp³-hybridized carbons (Fsp3) is 0.0323. The predicted octanol–water partition coefficient (Wildman–Crippen LogP) is 15.9. The molecule has 0 unspecified atom stereocenters. The van der Waals surface area contributed by atoms with Gasteiger partial charge < -0.3 is 14.2 Å². The molecule has 2 aliphatic heterocycles.